The van der Waals surface area contributed by atoms with E-state index in [4.69, 9.17) is 21.1 Å². The Hall–Kier alpha value is -2.86. The summed E-state index contributed by atoms with van der Waals surface area (Å²) in [7, 11) is -0.356. The zero-order valence-electron chi connectivity index (χ0n) is 18.8. The zero-order valence-corrected chi connectivity index (χ0v) is 21.2. The molecule has 182 valence electrons. The first-order valence-electron chi connectivity index (χ1n) is 10.3. The molecule has 1 heterocycles. The topological polar surface area (TPSA) is 119 Å². The third kappa shape index (κ3) is 6.38. The fraction of sp³-hybridized carbons (Fsp3) is 0.273. The van der Waals surface area contributed by atoms with Gasteiger partial charge in [0.25, 0.3) is 5.91 Å². The lowest BCUT2D eigenvalue weighted by Crippen LogP contribution is -2.24. The number of anilines is 2. The summed E-state index contributed by atoms with van der Waals surface area (Å²) in [5, 5.41) is 8.52. The monoisotopic (exact) mass is 524 g/mol. The second-order valence-electron chi connectivity index (χ2n) is 7.03. The molecule has 0 aliphatic carbocycles. The zero-order chi connectivity index (χ0) is 24.7. The van der Waals surface area contributed by atoms with Crippen LogP contribution < -0.4 is 24.8 Å². The minimum absolute atomic E-state index is 0.0211. The van der Waals surface area contributed by atoms with Gasteiger partial charge in [-0.1, -0.05) is 18.5 Å². The summed E-state index contributed by atoms with van der Waals surface area (Å²) in [6.07, 6.45) is 0.664. The molecule has 0 saturated carbocycles. The van der Waals surface area contributed by atoms with E-state index in [9.17, 15) is 13.2 Å². The number of halogens is 1. The average Bonchev–Trinajstić information content (AvgIpc) is 3.31. The minimum atomic E-state index is -3.66. The van der Waals surface area contributed by atoms with Gasteiger partial charge in [-0.25, -0.2) is 18.1 Å². The van der Waals surface area contributed by atoms with E-state index in [2.05, 4.69) is 20.3 Å². The van der Waals surface area contributed by atoms with Crippen LogP contribution in [0.2, 0.25) is 5.02 Å². The number of nitrogens with zero attached hydrogens (tertiary/aromatic N) is 1. The lowest BCUT2D eigenvalue weighted by atomic mass is 10.1. The van der Waals surface area contributed by atoms with E-state index >= 15 is 0 Å². The summed E-state index contributed by atoms with van der Waals surface area (Å²) in [4.78, 5) is 17.0. The van der Waals surface area contributed by atoms with Crippen molar-refractivity contribution in [1.82, 2.24) is 9.71 Å². The largest absolute Gasteiger partial charge is 0.495 e. The number of thiazole rings is 1. The van der Waals surface area contributed by atoms with Crippen LogP contribution in [-0.4, -0.2) is 46.6 Å². The van der Waals surface area contributed by atoms with Crippen LogP contribution in [0.15, 0.2) is 46.7 Å². The number of ether oxygens (including phenoxy) is 2. The highest BCUT2D eigenvalue weighted by Crippen LogP contribution is 2.32. The normalized spacial score (nSPS) is 11.2. The number of sulfonamides is 1. The molecule has 12 heteroatoms. The first-order valence-corrected chi connectivity index (χ1v) is 13.0. The number of methoxy groups -OCH3 is 1. The molecule has 3 aromatic rings. The van der Waals surface area contributed by atoms with Crippen molar-refractivity contribution >= 4 is 49.7 Å². The van der Waals surface area contributed by atoms with Gasteiger partial charge in [0.05, 0.1) is 28.4 Å². The van der Waals surface area contributed by atoms with E-state index in [1.807, 2.05) is 18.4 Å². The van der Waals surface area contributed by atoms with Crippen molar-refractivity contribution in [3.63, 3.8) is 0 Å². The fourth-order valence-corrected chi connectivity index (χ4v) is 5.04. The molecular weight excluding hydrogens is 500 g/mol. The number of hydrogen-bond donors (Lipinski definition) is 3. The van der Waals surface area contributed by atoms with E-state index in [1.165, 1.54) is 36.6 Å². The Labute approximate surface area is 207 Å². The molecular formula is C22H25ClN4O5S2. The van der Waals surface area contributed by atoms with Gasteiger partial charge in [-0.15, -0.1) is 11.3 Å². The number of hydrogen-bond acceptors (Lipinski definition) is 8. The van der Waals surface area contributed by atoms with E-state index in [1.54, 1.807) is 19.2 Å². The Kier molecular flexibility index (Phi) is 8.72. The van der Waals surface area contributed by atoms with Gasteiger partial charge in [0.1, 0.15) is 11.5 Å². The molecule has 0 spiro atoms. The predicted octanol–water partition coefficient (Wildman–Crippen LogP) is 4.22. The maximum atomic E-state index is 12.5. The summed E-state index contributed by atoms with van der Waals surface area (Å²) < 4.78 is 37.8. The Morgan fingerprint density at radius 2 is 1.94 bits per heavy atom. The Bertz CT molecular complexity index is 1260. The Balaban J connectivity index is 1.68. The van der Waals surface area contributed by atoms with Crippen LogP contribution in [0, 0.1) is 0 Å². The molecule has 9 nitrogen and oxygen atoms in total. The molecule has 1 amide bonds. The number of carbonyl (C=O) groups excluding carboxylic acids is 1. The van der Waals surface area contributed by atoms with E-state index in [0.29, 0.717) is 24.4 Å². The summed E-state index contributed by atoms with van der Waals surface area (Å²) in [6.45, 7) is 1.85. The maximum absolute atomic E-state index is 12.5. The van der Waals surface area contributed by atoms with Crippen LogP contribution >= 0.6 is 22.9 Å². The molecule has 0 bridgehead atoms. The van der Waals surface area contributed by atoms with Crippen molar-refractivity contribution in [3.05, 3.63) is 46.8 Å². The fourth-order valence-electron chi connectivity index (χ4n) is 2.90. The van der Waals surface area contributed by atoms with Gasteiger partial charge in [0.2, 0.25) is 10.0 Å². The summed E-state index contributed by atoms with van der Waals surface area (Å²) in [5.74, 6) is 0.226. The standard InChI is InChI=1S/C22H25ClN4O5S2/c1-4-9-25-34(29,30)15-6-8-19(16(23)11-15)32-12-21(28)26-17-10-14(5-7-20(17)31-3)18-13-33-22(24-2)27-18/h5-8,10-11,13,25H,4,9,12H2,1-3H3,(H,24,27)(H,26,28). The Morgan fingerprint density at radius 1 is 1.18 bits per heavy atom. The number of amides is 1. The molecule has 0 unspecified atom stereocenters. The summed E-state index contributed by atoms with van der Waals surface area (Å²) in [5.41, 5.74) is 2.03. The van der Waals surface area contributed by atoms with Crippen LogP contribution in [0.25, 0.3) is 11.3 Å². The van der Waals surface area contributed by atoms with Crippen LogP contribution in [0.4, 0.5) is 10.8 Å². The van der Waals surface area contributed by atoms with Gasteiger partial charge in [0, 0.05) is 24.5 Å². The van der Waals surface area contributed by atoms with Gasteiger partial charge >= 0.3 is 0 Å². The lowest BCUT2D eigenvalue weighted by molar-refractivity contribution is -0.118. The molecule has 3 N–H and O–H groups in total. The lowest BCUT2D eigenvalue weighted by Gasteiger charge is -2.13. The third-order valence-corrected chi connectivity index (χ3v) is 7.22. The molecule has 0 atom stereocenters. The molecule has 2 aromatic carbocycles. The first-order chi connectivity index (χ1) is 16.3. The molecule has 0 radical (unpaired) electrons. The number of rotatable bonds is 11. The molecule has 3 rings (SSSR count). The van der Waals surface area contributed by atoms with Crippen molar-refractivity contribution < 1.29 is 22.7 Å². The van der Waals surface area contributed by atoms with Crippen LogP contribution in [0.1, 0.15) is 13.3 Å². The highest BCUT2D eigenvalue weighted by atomic mass is 35.5. The van der Waals surface area contributed by atoms with Crippen molar-refractivity contribution in [1.29, 1.82) is 0 Å². The van der Waals surface area contributed by atoms with E-state index < -0.39 is 15.9 Å². The number of nitrogens with one attached hydrogen (secondary N) is 3. The van der Waals surface area contributed by atoms with E-state index in [-0.39, 0.29) is 22.3 Å². The molecule has 1 aromatic heterocycles. The van der Waals surface area contributed by atoms with Gasteiger partial charge in [0.15, 0.2) is 11.7 Å². The molecule has 0 aliphatic heterocycles. The maximum Gasteiger partial charge on any atom is 0.262 e. The second-order valence-corrected chi connectivity index (χ2v) is 10.1. The summed E-state index contributed by atoms with van der Waals surface area (Å²) >= 11 is 7.66. The number of carbonyl (C=O) groups is 1. The average molecular weight is 525 g/mol. The SMILES string of the molecule is CCCNS(=O)(=O)c1ccc(OCC(=O)Nc2cc(-c3csc(NC)n3)ccc2OC)c(Cl)c1. The highest BCUT2D eigenvalue weighted by molar-refractivity contribution is 7.89. The van der Waals surface area contributed by atoms with Gasteiger partial charge in [-0.05, 0) is 42.8 Å². The number of benzene rings is 2. The van der Waals surface area contributed by atoms with Crippen LogP contribution in [-0.2, 0) is 14.8 Å². The van der Waals surface area contributed by atoms with Crippen LogP contribution in [0.5, 0.6) is 11.5 Å². The molecule has 0 fully saturated rings. The van der Waals surface area contributed by atoms with Gasteiger partial charge in [-0.3, -0.25) is 4.79 Å². The first kappa shape index (κ1) is 25.8. The van der Waals surface area contributed by atoms with Gasteiger partial charge < -0.3 is 20.1 Å². The third-order valence-electron chi connectivity index (χ3n) is 4.60. The quantitative estimate of drug-likeness (QED) is 0.343. The van der Waals surface area contributed by atoms with Crippen molar-refractivity contribution in [2.24, 2.45) is 0 Å². The number of aromatic nitrogens is 1. The van der Waals surface area contributed by atoms with Gasteiger partial charge in [-0.2, -0.15) is 0 Å². The molecule has 34 heavy (non-hydrogen) atoms. The second kappa shape index (κ2) is 11.5. The highest BCUT2D eigenvalue weighted by Gasteiger charge is 2.17. The molecule has 0 saturated heterocycles. The minimum Gasteiger partial charge on any atom is -0.495 e. The Morgan fingerprint density at radius 3 is 2.59 bits per heavy atom. The van der Waals surface area contributed by atoms with Crippen molar-refractivity contribution in [2.75, 3.05) is 37.9 Å². The van der Waals surface area contributed by atoms with Crippen molar-refractivity contribution in [2.45, 2.75) is 18.2 Å². The van der Waals surface area contributed by atoms with Crippen LogP contribution in [0.3, 0.4) is 0 Å². The molecule has 0 aliphatic rings. The predicted molar refractivity (Wildman–Crippen MR) is 135 cm³/mol. The van der Waals surface area contributed by atoms with E-state index in [0.717, 1.165) is 16.4 Å². The smallest absolute Gasteiger partial charge is 0.262 e. The summed E-state index contributed by atoms with van der Waals surface area (Å²) in [6, 6.07) is 9.43. The van der Waals surface area contributed by atoms with Crippen molar-refractivity contribution in [3.8, 4) is 22.8 Å².